The number of ketones is 1. The summed E-state index contributed by atoms with van der Waals surface area (Å²) in [7, 11) is 0. The number of carbonyl (C=O) groups excluding carboxylic acids is 1. The molecule has 3 aromatic rings. The van der Waals surface area contributed by atoms with Gasteiger partial charge in [0.1, 0.15) is 11.5 Å². The van der Waals surface area contributed by atoms with E-state index in [2.05, 4.69) is 21.0 Å². The van der Waals surface area contributed by atoms with Crippen LogP contribution in [-0.4, -0.2) is 25.4 Å². The van der Waals surface area contributed by atoms with Crippen molar-refractivity contribution in [3.63, 3.8) is 0 Å². The second-order valence-electron chi connectivity index (χ2n) is 4.70. The van der Waals surface area contributed by atoms with Gasteiger partial charge in [-0.2, -0.15) is 4.52 Å². The van der Waals surface area contributed by atoms with E-state index in [1.807, 2.05) is 39.0 Å². The lowest BCUT2D eigenvalue weighted by Gasteiger charge is -2.00. The van der Waals surface area contributed by atoms with E-state index in [-0.39, 0.29) is 5.78 Å². The van der Waals surface area contributed by atoms with Crippen LogP contribution in [0.5, 0.6) is 0 Å². The number of terminal acetylenes is 1. The molecule has 0 amide bonds. The molecule has 2 N–H and O–H groups in total. The largest absolute Gasteiger partial charge is 0.384 e. The van der Waals surface area contributed by atoms with Gasteiger partial charge in [-0.1, -0.05) is 26.8 Å². The summed E-state index contributed by atoms with van der Waals surface area (Å²) >= 11 is 0. The van der Waals surface area contributed by atoms with Gasteiger partial charge in [0.15, 0.2) is 11.4 Å². The fraction of sp³-hybridized carbons (Fsp3) is 0.263. The molecule has 0 bridgehead atoms. The van der Waals surface area contributed by atoms with Gasteiger partial charge in [-0.3, -0.25) is 9.78 Å². The summed E-state index contributed by atoms with van der Waals surface area (Å²) in [5.41, 5.74) is 7.59. The number of Topliss-reactive ketones (excluding diaryl/α,β-unsaturated/α-hetero) is 1. The van der Waals surface area contributed by atoms with Crippen molar-refractivity contribution in [3.8, 4) is 23.9 Å². The summed E-state index contributed by atoms with van der Waals surface area (Å²) in [6.07, 6.45) is 7.30. The Morgan fingerprint density at radius 3 is 2.52 bits per heavy atom. The molecule has 0 atom stereocenters. The number of nitrogen functional groups attached to an aromatic ring is 1. The molecule has 0 unspecified atom stereocenters. The molecule has 0 fully saturated rings. The van der Waals surface area contributed by atoms with Gasteiger partial charge in [-0.15, -0.1) is 17.4 Å². The Labute approximate surface area is 148 Å². The minimum Gasteiger partial charge on any atom is -0.384 e. The van der Waals surface area contributed by atoms with Crippen LogP contribution >= 0.6 is 0 Å². The van der Waals surface area contributed by atoms with Crippen LogP contribution in [0.4, 0.5) is 5.82 Å². The third-order valence-electron chi connectivity index (χ3n) is 2.97. The van der Waals surface area contributed by atoms with E-state index < -0.39 is 0 Å². The van der Waals surface area contributed by atoms with E-state index in [4.69, 9.17) is 12.2 Å². The summed E-state index contributed by atoms with van der Waals surface area (Å²) in [5.74, 6) is 3.22. The van der Waals surface area contributed by atoms with Crippen molar-refractivity contribution >= 4 is 17.2 Å². The molecule has 0 saturated heterocycles. The number of nitrogens with zero attached hydrogens (tertiary/aromatic N) is 4. The van der Waals surface area contributed by atoms with Crippen LogP contribution in [0.2, 0.25) is 0 Å². The summed E-state index contributed by atoms with van der Waals surface area (Å²) < 4.78 is 1.50. The molecule has 25 heavy (non-hydrogen) atoms. The molecule has 0 aromatic carbocycles. The van der Waals surface area contributed by atoms with Crippen molar-refractivity contribution in [1.82, 2.24) is 19.6 Å². The average Bonchev–Trinajstić information content (AvgIpc) is 3.09. The van der Waals surface area contributed by atoms with Gasteiger partial charge in [0, 0.05) is 18.2 Å². The number of anilines is 1. The fourth-order valence-electron chi connectivity index (χ4n) is 1.82. The number of rotatable bonds is 2. The number of pyridine rings is 2. The number of nitrogens with two attached hydrogens (primary N) is 1. The van der Waals surface area contributed by atoms with Gasteiger partial charge in [-0.25, -0.2) is 4.98 Å². The maximum atomic E-state index is 11.4. The molecule has 0 radical (unpaired) electrons. The van der Waals surface area contributed by atoms with Crippen molar-refractivity contribution in [2.45, 2.75) is 34.1 Å². The fourth-order valence-corrected chi connectivity index (χ4v) is 1.82. The maximum absolute atomic E-state index is 11.4. The second-order valence-corrected chi connectivity index (χ2v) is 4.70. The van der Waals surface area contributed by atoms with E-state index in [0.29, 0.717) is 28.5 Å². The van der Waals surface area contributed by atoms with E-state index in [1.54, 1.807) is 18.3 Å². The summed E-state index contributed by atoms with van der Waals surface area (Å²) in [6.45, 7) is 7.43. The number of aromatic nitrogens is 4. The molecule has 3 rings (SSSR count). The maximum Gasteiger partial charge on any atom is 0.200 e. The Balaban J connectivity index is 0.000000461. The van der Waals surface area contributed by atoms with Crippen molar-refractivity contribution in [1.29, 1.82) is 0 Å². The normalized spacial score (nSPS) is 9.24. The zero-order valence-corrected chi connectivity index (χ0v) is 15.0. The highest BCUT2D eigenvalue weighted by atomic mass is 16.1. The summed E-state index contributed by atoms with van der Waals surface area (Å²) in [5, 5.41) is 4.29. The first kappa shape index (κ1) is 19.8. The van der Waals surface area contributed by atoms with Crippen molar-refractivity contribution in [2.24, 2.45) is 0 Å². The van der Waals surface area contributed by atoms with E-state index >= 15 is 0 Å². The molecular weight excluding hydrogens is 314 g/mol. The quantitative estimate of drug-likeness (QED) is 0.570. The first-order valence-corrected chi connectivity index (χ1v) is 8.09. The molecule has 0 spiro atoms. The van der Waals surface area contributed by atoms with Gasteiger partial charge in [0.05, 0.1) is 0 Å². The van der Waals surface area contributed by atoms with E-state index in [0.717, 1.165) is 6.42 Å². The molecule has 0 aliphatic carbocycles. The Kier molecular flexibility index (Phi) is 7.80. The van der Waals surface area contributed by atoms with Crippen LogP contribution < -0.4 is 5.73 Å². The van der Waals surface area contributed by atoms with Gasteiger partial charge in [-0.05, 0) is 31.2 Å². The Morgan fingerprint density at radius 1 is 1.32 bits per heavy atom. The van der Waals surface area contributed by atoms with Gasteiger partial charge in [0.2, 0.25) is 5.82 Å². The SMILES string of the molecule is C#CCC.CC.CC(=O)c1cc(N)n2nc(-c3ccccn3)nc2c1. The first-order chi connectivity index (χ1) is 12.1. The van der Waals surface area contributed by atoms with Crippen LogP contribution in [0.1, 0.15) is 44.5 Å². The van der Waals surface area contributed by atoms with Gasteiger partial charge < -0.3 is 5.73 Å². The topological polar surface area (TPSA) is 86.2 Å². The van der Waals surface area contributed by atoms with Crippen molar-refractivity contribution in [2.75, 3.05) is 5.73 Å². The molecule has 6 nitrogen and oxygen atoms in total. The lowest BCUT2D eigenvalue weighted by molar-refractivity contribution is 0.101. The molecule has 130 valence electrons. The van der Waals surface area contributed by atoms with Crippen LogP contribution in [0, 0.1) is 12.3 Å². The minimum absolute atomic E-state index is 0.0587. The molecule has 6 heteroatoms. The summed E-state index contributed by atoms with van der Waals surface area (Å²) in [4.78, 5) is 19.9. The molecule has 0 aliphatic rings. The zero-order chi connectivity index (χ0) is 18.8. The number of fused-ring (bicyclic) bond motifs is 1. The third kappa shape index (κ3) is 5.15. The smallest absolute Gasteiger partial charge is 0.200 e. The lowest BCUT2D eigenvalue weighted by Crippen LogP contribution is -2.02. The van der Waals surface area contributed by atoms with Crippen LogP contribution in [0.25, 0.3) is 17.2 Å². The monoisotopic (exact) mass is 337 g/mol. The van der Waals surface area contributed by atoms with Crippen molar-refractivity contribution in [3.05, 3.63) is 42.1 Å². The molecule has 3 heterocycles. The number of hydrogen-bond acceptors (Lipinski definition) is 5. The Morgan fingerprint density at radius 2 is 2.00 bits per heavy atom. The van der Waals surface area contributed by atoms with Gasteiger partial charge in [0.25, 0.3) is 0 Å². The summed E-state index contributed by atoms with van der Waals surface area (Å²) in [6, 6.07) is 8.75. The Bertz CT molecular complexity index is 863. The third-order valence-corrected chi connectivity index (χ3v) is 2.97. The zero-order valence-electron chi connectivity index (χ0n) is 15.0. The first-order valence-electron chi connectivity index (χ1n) is 8.09. The predicted octanol–water partition coefficient (Wildman–Crippen LogP) is 3.63. The lowest BCUT2D eigenvalue weighted by atomic mass is 10.2. The number of hydrogen-bond donors (Lipinski definition) is 1. The minimum atomic E-state index is -0.0587. The van der Waals surface area contributed by atoms with Crippen LogP contribution in [0.15, 0.2) is 36.5 Å². The second kappa shape index (κ2) is 9.83. The van der Waals surface area contributed by atoms with E-state index in [1.165, 1.54) is 11.4 Å². The highest BCUT2D eigenvalue weighted by molar-refractivity contribution is 5.95. The van der Waals surface area contributed by atoms with E-state index in [9.17, 15) is 4.79 Å². The standard InChI is InChI=1S/C13H11N5O.C4H6.C2H6/c1-8(19)9-6-11(14)18-12(7-9)16-13(17-18)10-4-2-3-5-15-10;1-3-4-2;1-2/h2-7H,14H2,1H3;1H,4H2,2H3;1-2H3. The highest BCUT2D eigenvalue weighted by Crippen LogP contribution is 2.17. The van der Waals surface area contributed by atoms with Crippen LogP contribution in [0.3, 0.4) is 0 Å². The average molecular weight is 337 g/mol. The van der Waals surface area contributed by atoms with Gasteiger partial charge >= 0.3 is 0 Å². The highest BCUT2D eigenvalue weighted by Gasteiger charge is 2.11. The Hall–Kier alpha value is -3.20. The molecule has 3 aromatic heterocycles. The molecular formula is C19H23N5O. The van der Waals surface area contributed by atoms with Crippen LogP contribution in [-0.2, 0) is 0 Å². The predicted molar refractivity (Wildman–Crippen MR) is 101 cm³/mol. The molecule has 0 saturated carbocycles. The number of carbonyl (C=O) groups is 1. The molecule has 0 aliphatic heterocycles. The van der Waals surface area contributed by atoms with Crippen molar-refractivity contribution < 1.29 is 4.79 Å².